The fourth-order valence-electron chi connectivity index (χ4n) is 4.50. The lowest BCUT2D eigenvalue weighted by Crippen LogP contribution is -2.55. The smallest absolute Gasteiger partial charge is 0.330 e. The number of imide groups is 1. The van der Waals surface area contributed by atoms with Gasteiger partial charge in [-0.3, -0.25) is 19.2 Å². The summed E-state index contributed by atoms with van der Waals surface area (Å²) in [7, 11) is 0. The van der Waals surface area contributed by atoms with Crippen molar-refractivity contribution in [3.8, 4) is 0 Å². The standard InChI is InChI=1S/C27H26F3N3O5/c1-16(13-31)38-15-33-24(35)11-9-22(26(33)37)32-14-18-12-17(2-8-21(18)25(32)36)3-10-23(34)27(29,30)19-4-6-20(28)7-5-19/h2,4-8,12,22H,1,3,9-11,13-15,31H2. The van der Waals surface area contributed by atoms with Crippen LogP contribution < -0.4 is 5.73 Å². The molecule has 8 nitrogen and oxygen atoms in total. The number of carbonyl (C=O) groups is 4. The van der Waals surface area contributed by atoms with Crippen molar-refractivity contribution in [1.82, 2.24) is 9.80 Å². The van der Waals surface area contributed by atoms with Crippen LogP contribution in [0.3, 0.4) is 0 Å². The normalized spacial score (nSPS) is 17.6. The van der Waals surface area contributed by atoms with Crippen LogP contribution in [0.2, 0.25) is 0 Å². The number of hydrogen-bond acceptors (Lipinski definition) is 6. The maximum atomic E-state index is 14.5. The third kappa shape index (κ3) is 5.33. The molecule has 38 heavy (non-hydrogen) atoms. The van der Waals surface area contributed by atoms with Gasteiger partial charge in [-0.25, -0.2) is 9.29 Å². The maximum absolute atomic E-state index is 14.5. The van der Waals surface area contributed by atoms with E-state index in [1.54, 1.807) is 18.2 Å². The Morgan fingerprint density at radius 3 is 2.53 bits per heavy atom. The number of rotatable bonds is 10. The number of aryl methyl sites for hydroxylation is 1. The highest BCUT2D eigenvalue weighted by Crippen LogP contribution is 2.32. The molecule has 2 aromatic carbocycles. The monoisotopic (exact) mass is 529 g/mol. The van der Waals surface area contributed by atoms with Crippen LogP contribution >= 0.6 is 0 Å². The molecule has 1 atom stereocenters. The van der Waals surface area contributed by atoms with Crippen LogP contribution in [0.25, 0.3) is 0 Å². The minimum atomic E-state index is -3.76. The molecule has 2 heterocycles. The summed E-state index contributed by atoms with van der Waals surface area (Å²) in [5.41, 5.74) is 6.36. The molecule has 0 saturated carbocycles. The SMILES string of the molecule is C=C(CN)OCN1C(=O)CCC(N2Cc3cc(CCC(=O)C(F)(F)c4ccc(F)cc4)ccc3C2=O)C1=O. The Kier molecular flexibility index (Phi) is 7.68. The second-order valence-corrected chi connectivity index (χ2v) is 9.16. The molecular weight excluding hydrogens is 503 g/mol. The van der Waals surface area contributed by atoms with E-state index < -0.39 is 47.4 Å². The van der Waals surface area contributed by atoms with Crippen LogP contribution in [0.15, 0.2) is 54.8 Å². The molecule has 2 aliphatic rings. The molecule has 11 heteroatoms. The predicted molar refractivity (Wildman–Crippen MR) is 129 cm³/mol. The van der Waals surface area contributed by atoms with Gasteiger partial charge in [0, 0.05) is 30.5 Å². The van der Waals surface area contributed by atoms with Gasteiger partial charge in [0.1, 0.15) is 17.6 Å². The fraction of sp³-hybridized carbons (Fsp3) is 0.333. The number of nitrogens with two attached hydrogens (primary N) is 1. The lowest BCUT2D eigenvalue weighted by molar-refractivity contribution is -0.157. The van der Waals surface area contributed by atoms with E-state index in [1.807, 2.05) is 0 Å². The lowest BCUT2D eigenvalue weighted by atomic mass is 9.97. The Morgan fingerprint density at radius 1 is 1.13 bits per heavy atom. The molecule has 1 unspecified atom stereocenters. The number of hydrogen-bond donors (Lipinski definition) is 1. The number of likely N-dealkylation sites (tertiary alicyclic amines) is 1. The number of fused-ring (bicyclic) bond motifs is 1. The van der Waals surface area contributed by atoms with E-state index in [1.165, 1.54) is 4.90 Å². The molecule has 2 aliphatic heterocycles. The van der Waals surface area contributed by atoms with Gasteiger partial charge in [-0.1, -0.05) is 18.7 Å². The maximum Gasteiger partial charge on any atom is 0.330 e. The molecule has 2 N–H and O–H groups in total. The van der Waals surface area contributed by atoms with Crippen molar-refractivity contribution in [3.05, 3.63) is 82.9 Å². The Morgan fingerprint density at radius 2 is 1.84 bits per heavy atom. The second kappa shape index (κ2) is 10.8. The molecule has 0 bridgehead atoms. The van der Waals surface area contributed by atoms with Crippen molar-refractivity contribution in [1.29, 1.82) is 0 Å². The van der Waals surface area contributed by atoms with Gasteiger partial charge in [-0.05, 0) is 54.3 Å². The van der Waals surface area contributed by atoms with Crippen LogP contribution in [0.4, 0.5) is 13.2 Å². The van der Waals surface area contributed by atoms with Crippen LogP contribution in [0.5, 0.6) is 0 Å². The van der Waals surface area contributed by atoms with Gasteiger partial charge in [-0.15, -0.1) is 0 Å². The second-order valence-electron chi connectivity index (χ2n) is 9.16. The molecular formula is C27H26F3N3O5. The van der Waals surface area contributed by atoms with Gasteiger partial charge in [-0.2, -0.15) is 8.78 Å². The molecule has 0 radical (unpaired) electrons. The quantitative estimate of drug-likeness (QED) is 0.374. The van der Waals surface area contributed by atoms with Crippen molar-refractivity contribution < 1.29 is 37.1 Å². The molecule has 1 fully saturated rings. The molecule has 3 amide bonds. The molecule has 4 rings (SSSR count). The first-order valence-electron chi connectivity index (χ1n) is 12.0. The zero-order valence-corrected chi connectivity index (χ0v) is 20.4. The summed E-state index contributed by atoms with van der Waals surface area (Å²) in [6.07, 6.45) is -0.257. The molecule has 0 spiro atoms. The largest absolute Gasteiger partial charge is 0.476 e. The zero-order valence-electron chi connectivity index (χ0n) is 20.4. The number of halogens is 3. The summed E-state index contributed by atoms with van der Waals surface area (Å²) < 4.78 is 47.4. The summed E-state index contributed by atoms with van der Waals surface area (Å²) in [5, 5.41) is 0. The van der Waals surface area contributed by atoms with Crippen molar-refractivity contribution in [2.24, 2.45) is 5.73 Å². The summed E-state index contributed by atoms with van der Waals surface area (Å²) in [6, 6.07) is 7.40. The lowest BCUT2D eigenvalue weighted by Gasteiger charge is -2.35. The average molecular weight is 530 g/mol. The third-order valence-electron chi connectivity index (χ3n) is 6.68. The number of benzene rings is 2. The number of alkyl halides is 2. The number of nitrogens with zero attached hydrogens (tertiary/aromatic N) is 2. The average Bonchev–Trinajstić information content (AvgIpc) is 3.22. The fourth-order valence-corrected chi connectivity index (χ4v) is 4.50. The van der Waals surface area contributed by atoms with E-state index in [0.29, 0.717) is 16.7 Å². The van der Waals surface area contributed by atoms with Gasteiger partial charge in [0.05, 0.1) is 6.54 Å². The summed E-state index contributed by atoms with van der Waals surface area (Å²) in [6.45, 7) is 3.34. The molecule has 1 saturated heterocycles. The van der Waals surface area contributed by atoms with Crippen molar-refractivity contribution in [2.75, 3.05) is 13.3 Å². The van der Waals surface area contributed by atoms with E-state index in [4.69, 9.17) is 10.5 Å². The zero-order chi connectivity index (χ0) is 27.6. The van der Waals surface area contributed by atoms with Gasteiger partial charge in [0.2, 0.25) is 11.7 Å². The number of ketones is 1. The van der Waals surface area contributed by atoms with Crippen LogP contribution in [0.1, 0.15) is 46.3 Å². The Bertz CT molecular complexity index is 1300. The number of piperidine rings is 1. The third-order valence-corrected chi connectivity index (χ3v) is 6.68. The van der Waals surface area contributed by atoms with Crippen molar-refractivity contribution in [3.63, 3.8) is 0 Å². The van der Waals surface area contributed by atoms with Crippen molar-refractivity contribution >= 4 is 23.5 Å². The molecule has 200 valence electrons. The highest BCUT2D eigenvalue weighted by molar-refractivity contribution is 6.05. The number of ether oxygens (including phenoxy) is 1. The molecule has 0 aliphatic carbocycles. The summed E-state index contributed by atoms with van der Waals surface area (Å²) >= 11 is 0. The van der Waals surface area contributed by atoms with Crippen LogP contribution in [0, 0.1) is 5.82 Å². The highest BCUT2D eigenvalue weighted by Gasteiger charge is 2.43. The predicted octanol–water partition coefficient (Wildman–Crippen LogP) is 3.04. The first kappa shape index (κ1) is 27.1. The Hall–Kier alpha value is -3.99. The molecule has 2 aromatic rings. The van der Waals surface area contributed by atoms with Gasteiger partial charge >= 0.3 is 5.92 Å². The Labute approximate surface area is 216 Å². The van der Waals surface area contributed by atoms with Gasteiger partial charge in [0.25, 0.3) is 11.8 Å². The topological polar surface area (TPSA) is 110 Å². The number of amides is 3. The van der Waals surface area contributed by atoms with E-state index in [0.717, 1.165) is 29.2 Å². The first-order valence-corrected chi connectivity index (χ1v) is 12.0. The first-order chi connectivity index (χ1) is 18.0. The van der Waals surface area contributed by atoms with Crippen LogP contribution in [-0.2, 0) is 38.0 Å². The minimum Gasteiger partial charge on any atom is -0.476 e. The molecule has 0 aromatic heterocycles. The van der Waals surface area contributed by atoms with Gasteiger partial charge in [0.15, 0.2) is 6.73 Å². The van der Waals surface area contributed by atoms with Crippen molar-refractivity contribution in [2.45, 2.75) is 44.2 Å². The summed E-state index contributed by atoms with van der Waals surface area (Å²) in [4.78, 5) is 53.0. The number of Topliss-reactive ketones (excluding diaryl/α,β-unsaturated/α-hetero) is 1. The van der Waals surface area contributed by atoms with E-state index in [2.05, 4.69) is 6.58 Å². The van der Waals surface area contributed by atoms with E-state index in [-0.39, 0.29) is 50.7 Å². The van der Waals surface area contributed by atoms with E-state index >= 15 is 0 Å². The van der Waals surface area contributed by atoms with E-state index in [9.17, 15) is 32.3 Å². The number of carbonyl (C=O) groups excluding carboxylic acids is 4. The summed E-state index contributed by atoms with van der Waals surface area (Å²) in [5.74, 6) is -6.92. The van der Waals surface area contributed by atoms with Gasteiger partial charge < -0.3 is 15.4 Å². The Balaban J connectivity index is 1.42. The minimum absolute atomic E-state index is 0.00406. The van der Waals surface area contributed by atoms with Crippen LogP contribution in [-0.4, -0.2) is 52.6 Å². The highest BCUT2D eigenvalue weighted by atomic mass is 19.3.